The maximum Gasteiger partial charge on any atom is 0.307 e. The molecule has 1 aliphatic heterocycles. The van der Waals surface area contributed by atoms with E-state index in [-0.39, 0.29) is 5.91 Å². The maximum absolute atomic E-state index is 12.6. The van der Waals surface area contributed by atoms with Crippen molar-refractivity contribution in [3.63, 3.8) is 0 Å². The van der Waals surface area contributed by atoms with Crippen LogP contribution in [0.25, 0.3) is 0 Å². The zero-order chi connectivity index (χ0) is 18.2. The fraction of sp³-hybridized carbons (Fsp3) is 0.556. The number of carboxylic acids is 1. The Balaban J connectivity index is 1.79. The molecule has 0 spiro atoms. The molecule has 2 N–H and O–H groups in total. The third-order valence-corrected chi connectivity index (χ3v) is 5.19. The number of carbonyl (C=O) groups excluding carboxylic acids is 1. The number of carboxylic acid groups (broad SMARTS) is 1. The summed E-state index contributed by atoms with van der Waals surface area (Å²) in [7, 11) is 1.54. The van der Waals surface area contributed by atoms with Crippen LogP contribution in [-0.2, 0) is 14.3 Å². The minimum absolute atomic E-state index is 0.283. The average molecular weight is 348 g/mol. The van der Waals surface area contributed by atoms with Crippen molar-refractivity contribution in [2.75, 3.05) is 43.6 Å². The van der Waals surface area contributed by atoms with Crippen molar-refractivity contribution < 1.29 is 24.2 Å². The summed E-state index contributed by atoms with van der Waals surface area (Å²) in [4.78, 5) is 26.1. The Morgan fingerprint density at radius 3 is 2.52 bits per heavy atom. The molecule has 2 fully saturated rings. The van der Waals surface area contributed by atoms with E-state index in [1.54, 1.807) is 21.0 Å². The van der Waals surface area contributed by atoms with Crippen molar-refractivity contribution in [2.24, 2.45) is 17.3 Å². The molecule has 7 nitrogen and oxygen atoms in total. The molecule has 2 aliphatic rings. The molecule has 0 unspecified atom stereocenters. The van der Waals surface area contributed by atoms with Gasteiger partial charge in [0.05, 0.1) is 37.8 Å². The molecule has 1 aromatic rings. The number of hydrogen-bond donors (Lipinski definition) is 2. The van der Waals surface area contributed by atoms with Gasteiger partial charge in [-0.05, 0) is 23.6 Å². The molecule has 1 aliphatic carbocycles. The summed E-state index contributed by atoms with van der Waals surface area (Å²) in [5, 5.41) is 12.1. The average Bonchev–Trinajstić information content (AvgIpc) is 3.18. The fourth-order valence-electron chi connectivity index (χ4n) is 3.61. The summed E-state index contributed by atoms with van der Waals surface area (Å²) in [6, 6.07) is 5.63. The Morgan fingerprint density at radius 2 is 1.96 bits per heavy atom. The van der Waals surface area contributed by atoms with Crippen LogP contribution in [0.2, 0.25) is 0 Å². The van der Waals surface area contributed by atoms with Crippen LogP contribution in [-0.4, -0.2) is 50.4 Å². The Hall–Kier alpha value is -2.28. The van der Waals surface area contributed by atoms with Gasteiger partial charge in [-0.15, -0.1) is 0 Å². The normalized spacial score (nSPS) is 24.5. The van der Waals surface area contributed by atoms with Gasteiger partial charge in [-0.1, -0.05) is 13.8 Å². The first-order valence-corrected chi connectivity index (χ1v) is 8.40. The second kappa shape index (κ2) is 6.55. The summed E-state index contributed by atoms with van der Waals surface area (Å²) < 4.78 is 10.7. The van der Waals surface area contributed by atoms with Crippen LogP contribution < -0.4 is 15.0 Å². The summed E-state index contributed by atoms with van der Waals surface area (Å²) >= 11 is 0. The van der Waals surface area contributed by atoms with Gasteiger partial charge in [0.25, 0.3) is 0 Å². The van der Waals surface area contributed by atoms with E-state index in [0.717, 1.165) is 18.8 Å². The van der Waals surface area contributed by atoms with Crippen LogP contribution in [0.5, 0.6) is 5.75 Å². The largest absolute Gasteiger partial charge is 0.495 e. The molecule has 7 heteroatoms. The first-order chi connectivity index (χ1) is 11.9. The summed E-state index contributed by atoms with van der Waals surface area (Å²) in [5.41, 5.74) is 0.998. The minimum Gasteiger partial charge on any atom is -0.495 e. The summed E-state index contributed by atoms with van der Waals surface area (Å²) in [6.45, 7) is 6.52. The van der Waals surface area contributed by atoms with Gasteiger partial charge in [0.1, 0.15) is 5.75 Å². The molecule has 1 heterocycles. The van der Waals surface area contributed by atoms with Crippen molar-refractivity contribution in [1.82, 2.24) is 0 Å². The van der Waals surface area contributed by atoms with Crippen LogP contribution >= 0.6 is 0 Å². The highest BCUT2D eigenvalue weighted by atomic mass is 16.5. The van der Waals surface area contributed by atoms with Gasteiger partial charge in [0, 0.05) is 18.8 Å². The zero-order valence-corrected chi connectivity index (χ0v) is 14.7. The molecule has 1 aromatic carbocycles. The van der Waals surface area contributed by atoms with Gasteiger partial charge in [0.15, 0.2) is 0 Å². The minimum atomic E-state index is -0.931. The number of amides is 1. The molecule has 0 radical (unpaired) electrons. The number of benzene rings is 1. The molecule has 136 valence electrons. The van der Waals surface area contributed by atoms with Crippen LogP contribution in [0.15, 0.2) is 18.2 Å². The molecular weight excluding hydrogens is 324 g/mol. The Kier molecular flexibility index (Phi) is 4.60. The highest BCUT2D eigenvalue weighted by molar-refractivity contribution is 6.00. The molecule has 1 saturated carbocycles. The Labute approximate surface area is 146 Å². The zero-order valence-electron chi connectivity index (χ0n) is 14.7. The predicted octanol–water partition coefficient (Wildman–Crippen LogP) is 1.83. The number of methoxy groups -OCH3 is 1. The number of ether oxygens (including phenoxy) is 2. The molecule has 0 bridgehead atoms. The highest BCUT2D eigenvalue weighted by Crippen LogP contribution is 2.58. The second-order valence-electron chi connectivity index (χ2n) is 7.09. The lowest BCUT2D eigenvalue weighted by molar-refractivity contribution is -0.140. The number of nitrogens with one attached hydrogen (secondary N) is 1. The molecule has 1 saturated heterocycles. The molecule has 3 rings (SSSR count). The predicted molar refractivity (Wildman–Crippen MR) is 93.1 cm³/mol. The van der Waals surface area contributed by atoms with E-state index in [0.29, 0.717) is 24.7 Å². The number of aliphatic carboxylic acids is 1. The lowest BCUT2D eigenvalue weighted by Gasteiger charge is -2.29. The van der Waals surface area contributed by atoms with Crippen molar-refractivity contribution in [3.8, 4) is 5.75 Å². The van der Waals surface area contributed by atoms with E-state index in [9.17, 15) is 14.7 Å². The number of rotatable bonds is 5. The molecular formula is C18H24N2O5. The topological polar surface area (TPSA) is 88.1 Å². The van der Waals surface area contributed by atoms with Crippen LogP contribution in [0.4, 0.5) is 11.4 Å². The first-order valence-electron chi connectivity index (χ1n) is 8.40. The van der Waals surface area contributed by atoms with E-state index in [1.165, 1.54) is 0 Å². The number of nitrogens with zero attached hydrogens (tertiary/aromatic N) is 1. The van der Waals surface area contributed by atoms with E-state index >= 15 is 0 Å². The van der Waals surface area contributed by atoms with Crippen LogP contribution in [0, 0.1) is 17.3 Å². The fourth-order valence-corrected chi connectivity index (χ4v) is 3.61. The summed E-state index contributed by atoms with van der Waals surface area (Å²) in [6.07, 6.45) is 0. The lowest BCUT2D eigenvalue weighted by atomic mass is 10.1. The first kappa shape index (κ1) is 17.5. The monoisotopic (exact) mass is 348 g/mol. The van der Waals surface area contributed by atoms with Gasteiger partial charge in [-0.3, -0.25) is 9.59 Å². The number of hydrogen-bond acceptors (Lipinski definition) is 5. The Morgan fingerprint density at radius 1 is 1.28 bits per heavy atom. The third-order valence-electron chi connectivity index (χ3n) is 5.19. The van der Waals surface area contributed by atoms with E-state index in [2.05, 4.69) is 10.2 Å². The van der Waals surface area contributed by atoms with Crippen molar-refractivity contribution >= 4 is 23.3 Å². The highest BCUT2D eigenvalue weighted by Gasteiger charge is 2.65. The van der Waals surface area contributed by atoms with Crippen LogP contribution in [0.1, 0.15) is 13.8 Å². The van der Waals surface area contributed by atoms with Crippen molar-refractivity contribution in [3.05, 3.63) is 18.2 Å². The van der Waals surface area contributed by atoms with Gasteiger partial charge in [-0.2, -0.15) is 0 Å². The Bertz CT molecular complexity index is 682. The smallest absolute Gasteiger partial charge is 0.307 e. The third kappa shape index (κ3) is 3.28. The number of morpholine rings is 1. The van der Waals surface area contributed by atoms with E-state index in [4.69, 9.17) is 9.47 Å². The number of anilines is 2. The van der Waals surface area contributed by atoms with Gasteiger partial charge in [0.2, 0.25) is 5.91 Å². The van der Waals surface area contributed by atoms with E-state index in [1.807, 2.05) is 18.2 Å². The second-order valence-corrected chi connectivity index (χ2v) is 7.09. The SMILES string of the molecule is COc1ccc(N2CCOCC2)cc1NC(=O)[C@@H]1[C@@H](C(=O)O)C1(C)C. The van der Waals surface area contributed by atoms with Gasteiger partial charge >= 0.3 is 5.97 Å². The van der Waals surface area contributed by atoms with Gasteiger partial charge < -0.3 is 24.8 Å². The standard InChI is InChI=1S/C18H24N2O5/c1-18(2)14(15(18)17(22)23)16(21)19-12-10-11(4-5-13(12)24-3)20-6-8-25-9-7-20/h4-5,10,14-15H,6-9H2,1-3H3,(H,19,21)(H,22,23)/t14-,15-/m0/s1. The molecule has 25 heavy (non-hydrogen) atoms. The maximum atomic E-state index is 12.6. The molecule has 1 amide bonds. The van der Waals surface area contributed by atoms with Crippen LogP contribution in [0.3, 0.4) is 0 Å². The quantitative estimate of drug-likeness (QED) is 0.844. The molecule has 2 atom stereocenters. The van der Waals surface area contributed by atoms with Crippen molar-refractivity contribution in [2.45, 2.75) is 13.8 Å². The van der Waals surface area contributed by atoms with Gasteiger partial charge in [-0.25, -0.2) is 0 Å². The molecule has 0 aromatic heterocycles. The number of carbonyl (C=O) groups is 2. The summed E-state index contributed by atoms with van der Waals surface area (Å²) in [5.74, 6) is -1.85. The van der Waals surface area contributed by atoms with Crippen molar-refractivity contribution in [1.29, 1.82) is 0 Å². The van der Waals surface area contributed by atoms with E-state index < -0.39 is 23.2 Å². The lowest BCUT2D eigenvalue weighted by Crippen LogP contribution is -2.36.